The lowest BCUT2D eigenvalue weighted by Gasteiger charge is -2.35. The number of methoxy groups -OCH3 is 1. The fraction of sp³-hybridized carbons (Fsp3) is 0.477. The van der Waals surface area contributed by atoms with E-state index < -0.39 is 79.6 Å². The Morgan fingerprint density at radius 1 is 1.10 bits per heavy atom. The van der Waals surface area contributed by atoms with E-state index in [0.717, 1.165) is 11.1 Å². The van der Waals surface area contributed by atoms with E-state index in [-0.39, 0.29) is 26.0 Å². The molecule has 59 heavy (non-hydrogen) atoms. The molecule has 1 aromatic heterocycles. The first-order valence-corrected chi connectivity index (χ1v) is 21.5. The number of carbonyl (C=O) groups is 4. The Bertz CT molecular complexity index is 2320. The highest BCUT2D eigenvalue weighted by Crippen LogP contribution is 2.46. The minimum absolute atomic E-state index is 0.0112. The lowest BCUT2D eigenvalue weighted by Crippen LogP contribution is -2.60. The number of amides is 4. The third-order valence-corrected chi connectivity index (χ3v) is 13.3. The van der Waals surface area contributed by atoms with Gasteiger partial charge in [0.2, 0.25) is 21.8 Å². The number of rotatable bonds is 8. The molecule has 4 amide bonds. The van der Waals surface area contributed by atoms with Crippen LogP contribution in [0.3, 0.4) is 0 Å². The normalized spacial score (nSPS) is 26.4. The molecule has 2 aliphatic carbocycles. The number of hydrogen-bond donors (Lipinski definition) is 3. The summed E-state index contributed by atoms with van der Waals surface area (Å²) in [6.45, 7) is 13.1. The number of ether oxygens (including phenoxy) is 3. The minimum atomic E-state index is -3.92. The molecule has 314 valence electrons. The van der Waals surface area contributed by atoms with E-state index in [9.17, 15) is 27.6 Å². The van der Waals surface area contributed by atoms with E-state index in [1.54, 1.807) is 27.9 Å². The molecule has 0 unspecified atom stereocenters. The standard InChI is InChI=1S/C44H53N5O9S/c1-8-28-23-44(28,40(52)48-59(54,55)30-16-17-30)47-38(50)34-20-29-24-49(34)39(51)37(42(2,3)4)46-41(53)57-25-43(5,6)18-12-15-27-19-31-33(22-35(27)56-7)45-32(21-36(31)58-29)26-13-10-9-11-14-26/h8-15,19,21-22,28-30,34,37H,1,16-18,20,23-25H2,2-7H3,(H,46,53)(H,47,50)(H,48,52)/b15-12+/t28-,29+,34-,37+,44+/m0/s1. The van der Waals surface area contributed by atoms with Gasteiger partial charge in [0.05, 0.1) is 36.7 Å². The van der Waals surface area contributed by atoms with Crippen molar-refractivity contribution in [2.75, 3.05) is 20.3 Å². The second-order valence-electron chi connectivity index (χ2n) is 17.9. The molecule has 3 N–H and O–H groups in total. The van der Waals surface area contributed by atoms with Gasteiger partial charge in [0, 0.05) is 46.4 Å². The number of nitrogens with zero attached hydrogens (tertiary/aromatic N) is 2. The van der Waals surface area contributed by atoms with Crippen LogP contribution in [0.5, 0.6) is 11.5 Å². The summed E-state index contributed by atoms with van der Waals surface area (Å²) in [5.74, 6) is -1.55. The van der Waals surface area contributed by atoms with E-state index in [4.69, 9.17) is 19.2 Å². The SMILES string of the molecule is C=C[C@H]1C[C@]1(NC(=O)[C@@H]1C[C@@H]2CN1C(=O)[C@H](C(C)(C)C)NC(=O)OCC(C)(C)C/C=C/c1cc3c(cc(-c4ccccc4)nc3cc1OC)O2)C(=O)NS(=O)(=O)C1CC1. The van der Waals surface area contributed by atoms with Crippen LogP contribution in [0.25, 0.3) is 28.2 Å². The van der Waals surface area contributed by atoms with Gasteiger partial charge in [-0.25, -0.2) is 18.2 Å². The fourth-order valence-electron chi connectivity index (χ4n) is 7.77. The number of alkyl carbamates (subject to hydrolysis) is 1. The Kier molecular flexibility index (Phi) is 11.0. The summed E-state index contributed by atoms with van der Waals surface area (Å²) in [6.07, 6.45) is 5.51. The molecule has 0 spiro atoms. The summed E-state index contributed by atoms with van der Waals surface area (Å²) in [6, 6.07) is 12.9. The number of fused-ring (bicyclic) bond motifs is 3. The quantitative estimate of drug-likeness (QED) is 0.245. The number of allylic oxidation sites excluding steroid dienone is 1. The van der Waals surface area contributed by atoms with Crippen LogP contribution in [-0.2, 0) is 29.1 Å². The molecule has 3 aromatic rings. The van der Waals surface area contributed by atoms with Gasteiger partial charge in [0.1, 0.15) is 35.2 Å². The van der Waals surface area contributed by atoms with Crippen LogP contribution in [0.15, 0.2) is 67.3 Å². The zero-order chi connectivity index (χ0) is 42.5. The summed E-state index contributed by atoms with van der Waals surface area (Å²) in [5, 5.41) is 5.64. The zero-order valence-corrected chi connectivity index (χ0v) is 35.2. The van der Waals surface area contributed by atoms with Crippen molar-refractivity contribution in [1.82, 2.24) is 25.2 Å². The molecular weight excluding hydrogens is 775 g/mol. The summed E-state index contributed by atoms with van der Waals surface area (Å²) >= 11 is 0. The van der Waals surface area contributed by atoms with E-state index in [2.05, 4.69) is 21.9 Å². The average molecular weight is 828 g/mol. The number of sulfonamides is 1. The molecule has 3 fully saturated rings. The number of benzene rings is 2. The second-order valence-corrected chi connectivity index (χ2v) is 19.9. The van der Waals surface area contributed by atoms with Crippen molar-refractivity contribution >= 4 is 50.8 Å². The van der Waals surface area contributed by atoms with E-state index in [1.807, 2.05) is 74.5 Å². The van der Waals surface area contributed by atoms with Crippen molar-refractivity contribution in [2.24, 2.45) is 16.7 Å². The lowest BCUT2D eigenvalue weighted by molar-refractivity contribution is -0.142. The van der Waals surface area contributed by atoms with Crippen LogP contribution in [-0.4, -0.2) is 91.4 Å². The van der Waals surface area contributed by atoms with Gasteiger partial charge < -0.3 is 29.7 Å². The van der Waals surface area contributed by atoms with Crippen LogP contribution < -0.4 is 24.8 Å². The van der Waals surface area contributed by atoms with Crippen molar-refractivity contribution in [3.8, 4) is 22.8 Å². The van der Waals surface area contributed by atoms with Crippen LogP contribution in [0.4, 0.5) is 4.79 Å². The van der Waals surface area contributed by atoms with E-state index in [0.29, 0.717) is 47.4 Å². The molecule has 2 saturated carbocycles. The first-order chi connectivity index (χ1) is 27.8. The van der Waals surface area contributed by atoms with Gasteiger partial charge in [-0.05, 0) is 37.2 Å². The Morgan fingerprint density at radius 3 is 2.47 bits per heavy atom. The highest BCUT2D eigenvalue weighted by molar-refractivity contribution is 7.91. The van der Waals surface area contributed by atoms with E-state index in [1.165, 1.54) is 11.0 Å². The Labute approximate surface area is 345 Å². The molecule has 0 radical (unpaired) electrons. The molecule has 5 atom stereocenters. The molecule has 4 aliphatic rings. The molecule has 2 aromatic carbocycles. The third kappa shape index (κ3) is 8.80. The van der Waals surface area contributed by atoms with Gasteiger partial charge in [-0.3, -0.25) is 19.1 Å². The average Bonchev–Trinajstić information content (AvgIpc) is 4.12. The maximum atomic E-state index is 14.8. The van der Waals surface area contributed by atoms with Crippen LogP contribution >= 0.6 is 0 Å². The molecule has 2 aliphatic heterocycles. The molecule has 15 heteroatoms. The first kappa shape index (κ1) is 41.7. The van der Waals surface area contributed by atoms with Crippen molar-refractivity contribution in [3.63, 3.8) is 0 Å². The summed E-state index contributed by atoms with van der Waals surface area (Å²) in [5.41, 5.74) is -0.0464. The van der Waals surface area contributed by atoms with Gasteiger partial charge >= 0.3 is 6.09 Å². The van der Waals surface area contributed by atoms with Crippen molar-refractivity contribution in [2.45, 2.75) is 95.7 Å². The molecule has 1 saturated heterocycles. The highest BCUT2D eigenvalue weighted by Gasteiger charge is 2.62. The number of nitrogens with one attached hydrogen (secondary N) is 3. The predicted octanol–water partition coefficient (Wildman–Crippen LogP) is 5.51. The summed E-state index contributed by atoms with van der Waals surface area (Å²) in [7, 11) is -2.34. The van der Waals surface area contributed by atoms with Gasteiger partial charge in [-0.15, -0.1) is 6.58 Å². The van der Waals surface area contributed by atoms with Crippen LogP contribution in [0.2, 0.25) is 0 Å². The predicted molar refractivity (Wildman–Crippen MR) is 223 cm³/mol. The Morgan fingerprint density at radius 2 is 1.83 bits per heavy atom. The number of cyclic esters (lactones) is 1. The van der Waals surface area contributed by atoms with Gasteiger partial charge in [-0.2, -0.15) is 0 Å². The summed E-state index contributed by atoms with van der Waals surface area (Å²) < 4.78 is 46.1. The fourth-order valence-corrected chi connectivity index (χ4v) is 9.14. The Hall–Kier alpha value is -5.44. The molecule has 7 rings (SSSR count). The second kappa shape index (κ2) is 15.6. The number of pyridine rings is 1. The van der Waals surface area contributed by atoms with E-state index >= 15 is 0 Å². The number of hydrogen-bond acceptors (Lipinski definition) is 10. The highest BCUT2D eigenvalue weighted by atomic mass is 32.2. The maximum Gasteiger partial charge on any atom is 0.407 e. The Balaban J connectivity index is 1.31. The topological polar surface area (TPSA) is 182 Å². The third-order valence-electron chi connectivity index (χ3n) is 11.5. The molecule has 4 bridgehead atoms. The van der Waals surface area contributed by atoms with Gasteiger partial charge in [0.25, 0.3) is 5.91 Å². The van der Waals surface area contributed by atoms with Gasteiger partial charge in [0.15, 0.2) is 0 Å². The zero-order valence-electron chi connectivity index (χ0n) is 34.4. The van der Waals surface area contributed by atoms with Gasteiger partial charge in [-0.1, -0.05) is 83.2 Å². The molecular formula is C44H53N5O9S. The lowest BCUT2D eigenvalue weighted by atomic mass is 9.85. The summed E-state index contributed by atoms with van der Waals surface area (Å²) in [4.78, 5) is 62.7. The smallest absolute Gasteiger partial charge is 0.407 e. The monoisotopic (exact) mass is 827 g/mol. The van der Waals surface area contributed by atoms with Crippen LogP contribution in [0, 0.1) is 16.7 Å². The first-order valence-electron chi connectivity index (χ1n) is 20.0. The molecule has 3 heterocycles. The minimum Gasteiger partial charge on any atom is -0.496 e. The van der Waals surface area contributed by atoms with Crippen molar-refractivity contribution in [1.29, 1.82) is 0 Å². The largest absolute Gasteiger partial charge is 0.496 e. The van der Waals surface area contributed by atoms with Crippen molar-refractivity contribution in [3.05, 3.63) is 72.8 Å². The van der Waals surface area contributed by atoms with Crippen LogP contribution in [0.1, 0.15) is 72.3 Å². The van der Waals surface area contributed by atoms with Crippen molar-refractivity contribution < 1.29 is 41.8 Å². The maximum absolute atomic E-state index is 14.8. The number of carbonyl (C=O) groups excluding carboxylic acids is 4. The molecule has 14 nitrogen and oxygen atoms in total. The number of aromatic nitrogens is 1.